The maximum Gasteiger partial charge on any atom is 0.196 e. The highest BCUT2D eigenvalue weighted by Gasteiger charge is 2.15. The van der Waals surface area contributed by atoms with E-state index < -0.39 is 0 Å². The van der Waals surface area contributed by atoms with E-state index in [1.807, 2.05) is 23.1 Å². The first-order valence-corrected chi connectivity index (χ1v) is 8.25. The van der Waals surface area contributed by atoms with Gasteiger partial charge in [-0.2, -0.15) is 0 Å². The lowest BCUT2D eigenvalue weighted by molar-refractivity contribution is 0.123. The predicted molar refractivity (Wildman–Crippen MR) is 96.1 cm³/mol. The van der Waals surface area contributed by atoms with Gasteiger partial charge in [-0.25, -0.2) is 4.99 Å². The van der Waals surface area contributed by atoms with E-state index in [9.17, 15) is 0 Å². The van der Waals surface area contributed by atoms with Crippen LogP contribution < -0.4 is 10.6 Å². The maximum absolute atomic E-state index is 6.25. The minimum Gasteiger partial charge on any atom is -0.383 e. The molecule has 0 atom stereocenters. The molecule has 0 bridgehead atoms. The molecule has 7 heteroatoms. The molecule has 1 saturated heterocycles. The van der Waals surface area contributed by atoms with E-state index in [1.165, 1.54) is 0 Å². The van der Waals surface area contributed by atoms with E-state index >= 15 is 0 Å². The van der Waals surface area contributed by atoms with Crippen LogP contribution >= 0.6 is 0 Å². The van der Waals surface area contributed by atoms with Crippen LogP contribution in [-0.4, -0.2) is 77.7 Å². The Morgan fingerprint density at radius 1 is 1.17 bits per heavy atom. The van der Waals surface area contributed by atoms with E-state index in [-0.39, 0.29) is 0 Å². The molecule has 0 saturated carbocycles. The van der Waals surface area contributed by atoms with Crippen LogP contribution in [-0.2, 0) is 14.2 Å². The van der Waals surface area contributed by atoms with Crippen molar-refractivity contribution < 1.29 is 14.2 Å². The van der Waals surface area contributed by atoms with Crippen LogP contribution in [0.5, 0.6) is 0 Å². The van der Waals surface area contributed by atoms with Crippen LogP contribution in [0.15, 0.2) is 29.3 Å². The van der Waals surface area contributed by atoms with Crippen molar-refractivity contribution in [2.45, 2.75) is 0 Å². The van der Waals surface area contributed by atoms with Crippen molar-refractivity contribution in [2.24, 2.45) is 10.7 Å². The van der Waals surface area contributed by atoms with Crippen LogP contribution in [0.3, 0.4) is 0 Å². The van der Waals surface area contributed by atoms with E-state index in [2.05, 4.69) is 16.0 Å². The van der Waals surface area contributed by atoms with E-state index in [4.69, 9.17) is 19.9 Å². The topological polar surface area (TPSA) is 72.5 Å². The molecule has 0 aromatic heterocycles. The summed E-state index contributed by atoms with van der Waals surface area (Å²) in [5.41, 5.74) is 8.21. The number of methoxy groups -OCH3 is 2. The highest BCUT2D eigenvalue weighted by Crippen LogP contribution is 2.29. The number of morpholine rings is 1. The van der Waals surface area contributed by atoms with Crippen LogP contribution in [0.4, 0.5) is 11.4 Å². The second-order valence-electron chi connectivity index (χ2n) is 5.53. The molecule has 24 heavy (non-hydrogen) atoms. The van der Waals surface area contributed by atoms with Crippen molar-refractivity contribution in [1.29, 1.82) is 0 Å². The molecule has 0 radical (unpaired) electrons. The van der Waals surface area contributed by atoms with Crippen LogP contribution in [0, 0.1) is 0 Å². The highest BCUT2D eigenvalue weighted by atomic mass is 16.5. The van der Waals surface area contributed by atoms with Crippen molar-refractivity contribution in [2.75, 3.05) is 71.7 Å². The van der Waals surface area contributed by atoms with Gasteiger partial charge in [0.1, 0.15) is 0 Å². The number of ether oxygens (including phenoxy) is 3. The number of hydrogen-bond acceptors (Lipinski definition) is 5. The number of aliphatic imine (C=N–C) groups is 1. The largest absolute Gasteiger partial charge is 0.383 e. The number of rotatable bonds is 8. The smallest absolute Gasteiger partial charge is 0.196 e. The molecule has 1 aliphatic heterocycles. The standard InChI is InChI=1S/C17H28N4O3/c1-22-11-7-21(8-12-23-2)17(18)19-15-5-3-4-6-16(15)20-9-13-24-14-10-20/h3-6H,7-14H2,1-2H3,(H2,18,19). The molecule has 1 aromatic rings. The molecule has 1 aromatic carbocycles. The number of nitrogens with two attached hydrogens (primary N) is 1. The van der Waals surface area contributed by atoms with E-state index in [1.54, 1.807) is 14.2 Å². The van der Waals surface area contributed by atoms with Crippen LogP contribution in [0.25, 0.3) is 0 Å². The van der Waals surface area contributed by atoms with Gasteiger partial charge in [0.2, 0.25) is 0 Å². The second-order valence-corrected chi connectivity index (χ2v) is 5.53. The number of hydrogen-bond donors (Lipinski definition) is 1. The highest BCUT2D eigenvalue weighted by molar-refractivity contribution is 5.84. The quantitative estimate of drug-likeness (QED) is 0.565. The summed E-state index contributed by atoms with van der Waals surface area (Å²) >= 11 is 0. The molecule has 0 amide bonds. The minimum atomic E-state index is 0.477. The molecule has 0 spiro atoms. The predicted octanol–water partition coefficient (Wildman–Crippen LogP) is 1.06. The first-order chi connectivity index (χ1) is 11.8. The Morgan fingerprint density at radius 2 is 1.79 bits per heavy atom. The van der Waals surface area contributed by atoms with Gasteiger partial charge in [-0.15, -0.1) is 0 Å². The number of para-hydroxylation sites is 2. The second kappa shape index (κ2) is 10.1. The van der Waals surface area contributed by atoms with Gasteiger partial charge in [0.15, 0.2) is 5.96 Å². The summed E-state index contributed by atoms with van der Waals surface area (Å²) < 4.78 is 15.7. The molecule has 0 unspecified atom stereocenters. The fraction of sp³-hybridized carbons (Fsp3) is 0.588. The Hall–Kier alpha value is -1.83. The van der Waals surface area contributed by atoms with Crippen molar-refractivity contribution in [3.63, 3.8) is 0 Å². The monoisotopic (exact) mass is 336 g/mol. The van der Waals surface area contributed by atoms with Gasteiger partial charge in [0.05, 0.1) is 37.8 Å². The summed E-state index contributed by atoms with van der Waals surface area (Å²) in [4.78, 5) is 8.92. The van der Waals surface area contributed by atoms with Crippen molar-refractivity contribution >= 4 is 17.3 Å². The Morgan fingerprint density at radius 3 is 2.42 bits per heavy atom. The summed E-state index contributed by atoms with van der Waals surface area (Å²) in [5.74, 6) is 0.477. The number of nitrogens with zero attached hydrogens (tertiary/aromatic N) is 3. The lowest BCUT2D eigenvalue weighted by Crippen LogP contribution is -2.41. The summed E-state index contributed by atoms with van der Waals surface area (Å²) in [6, 6.07) is 8.06. The zero-order chi connectivity index (χ0) is 17.2. The van der Waals surface area contributed by atoms with Crippen molar-refractivity contribution in [3.05, 3.63) is 24.3 Å². The van der Waals surface area contributed by atoms with E-state index in [0.29, 0.717) is 32.3 Å². The summed E-state index contributed by atoms with van der Waals surface area (Å²) in [7, 11) is 3.35. The van der Waals surface area contributed by atoms with Gasteiger partial charge in [-0.3, -0.25) is 0 Å². The lowest BCUT2D eigenvalue weighted by atomic mass is 10.2. The minimum absolute atomic E-state index is 0.477. The van der Waals surface area contributed by atoms with Crippen LogP contribution in [0.2, 0.25) is 0 Å². The SMILES string of the molecule is COCCN(CCOC)/C(N)=N/c1ccccc1N1CCOCC1. The summed E-state index contributed by atoms with van der Waals surface area (Å²) in [5, 5.41) is 0. The maximum atomic E-state index is 6.25. The lowest BCUT2D eigenvalue weighted by Gasteiger charge is -2.30. The summed E-state index contributed by atoms with van der Waals surface area (Å²) in [6.45, 7) is 5.73. The third kappa shape index (κ3) is 5.36. The Balaban J connectivity index is 2.17. The zero-order valence-corrected chi connectivity index (χ0v) is 14.6. The molecule has 134 valence electrons. The fourth-order valence-corrected chi connectivity index (χ4v) is 2.57. The Labute approximate surface area is 144 Å². The van der Waals surface area contributed by atoms with Crippen LogP contribution in [0.1, 0.15) is 0 Å². The molecular weight excluding hydrogens is 308 g/mol. The first-order valence-electron chi connectivity index (χ1n) is 8.25. The summed E-state index contributed by atoms with van der Waals surface area (Å²) in [6.07, 6.45) is 0. The van der Waals surface area contributed by atoms with Gasteiger partial charge in [0.25, 0.3) is 0 Å². The normalized spacial score (nSPS) is 15.6. The van der Waals surface area contributed by atoms with E-state index in [0.717, 1.165) is 37.7 Å². The van der Waals surface area contributed by atoms with Gasteiger partial charge < -0.3 is 29.7 Å². The first kappa shape index (κ1) is 18.5. The molecule has 1 aliphatic rings. The number of anilines is 1. The van der Waals surface area contributed by atoms with Gasteiger partial charge in [-0.05, 0) is 12.1 Å². The molecular formula is C17H28N4O3. The number of guanidine groups is 1. The third-order valence-corrected chi connectivity index (χ3v) is 3.92. The average molecular weight is 336 g/mol. The molecule has 1 heterocycles. The third-order valence-electron chi connectivity index (χ3n) is 3.92. The molecule has 0 aliphatic carbocycles. The molecule has 1 fully saturated rings. The van der Waals surface area contributed by atoms with Crippen molar-refractivity contribution in [1.82, 2.24) is 4.90 Å². The Kier molecular flexibility index (Phi) is 7.81. The Bertz CT molecular complexity index is 510. The van der Waals surface area contributed by atoms with Gasteiger partial charge >= 0.3 is 0 Å². The molecule has 2 rings (SSSR count). The van der Waals surface area contributed by atoms with Crippen molar-refractivity contribution in [3.8, 4) is 0 Å². The zero-order valence-electron chi connectivity index (χ0n) is 14.6. The fourth-order valence-electron chi connectivity index (χ4n) is 2.57. The average Bonchev–Trinajstić information content (AvgIpc) is 2.63. The van der Waals surface area contributed by atoms with Gasteiger partial charge in [0, 0.05) is 40.4 Å². The molecule has 2 N–H and O–H groups in total. The molecule has 7 nitrogen and oxygen atoms in total. The number of benzene rings is 1. The van der Waals surface area contributed by atoms with Gasteiger partial charge in [-0.1, -0.05) is 12.1 Å².